The molecule has 3 atom stereocenters. The van der Waals surface area contributed by atoms with Crippen molar-refractivity contribution in [2.24, 2.45) is 5.41 Å². The summed E-state index contributed by atoms with van der Waals surface area (Å²) in [6, 6.07) is 25.3. The average molecular weight is 688 g/mol. The molecule has 0 radical (unpaired) electrons. The molecule has 14 heteroatoms. The Morgan fingerprint density at radius 3 is 2.29 bits per heavy atom. The van der Waals surface area contributed by atoms with Gasteiger partial charge in [-0.2, -0.15) is 0 Å². The van der Waals surface area contributed by atoms with E-state index in [9.17, 15) is 14.6 Å². The van der Waals surface area contributed by atoms with Crippen LogP contribution in [0.5, 0.6) is 11.5 Å². The van der Waals surface area contributed by atoms with Crippen LogP contribution in [0.4, 0.5) is 5.82 Å². The van der Waals surface area contributed by atoms with Gasteiger partial charge in [-0.05, 0) is 29.5 Å². The number of benzene rings is 3. The van der Waals surface area contributed by atoms with Gasteiger partial charge in [-0.15, -0.1) is 0 Å². The molecule has 2 aromatic heterocycles. The van der Waals surface area contributed by atoms with E-state index in [0.717, 1.165) is 16.7 Å². The van der Waals surface area contributed by atoms with Crippen molar-refractivity contribution < 1.29 is 33.3 Å². The SMILES string of the molecule is CC(C)(C)C(=O)Nc1ncnc2c1ncn2[C@H]1C[C@H](OP(O)(O)=S)[C@@H](COC2(c3ccccc3)c3ccccc3Oc3ccccc32)O1. The van der Waals surface area contributed by atoms with E-state index < -0.39 is 36.2 Å². The zero-order valence-electron chi connectivity index (χ0n) is 26.4. The Morgan fingerprint density at radius 2 is 1.65 bits per heavy atom. The Hall–Kier alpha value is -4.07. The molecular formula is C34H34N5O7PS. The van der Waals surface area contributed by atoms with Gasteiger partial charge >= 0.3 is 6.72 Å². The number of ether oxygens (including phenoxy) is 3. The van der Waals surface area contributed by atoms with Crippen LogP contribution in [0.25, 0.3) is 11.2 Å². The van der Waals surface area contributed by atoms with Crippen LogP contribution < -0.4 is 10.1 Å². The minimum Gasteiger partial charge on any atom is -0.457 e. The van der Waals surface area contributed by atoms with E-state index in [-0.39, 0.29) is 24.8 Å². The van der Waals surface area contributed by atoms with Crippen molar-refractivity contribution >= 4 is 41.4 Å². The number of fused-ring (bicyclic) bond motifs is 3. The normalized spacial score (nSPS) is 20.1. The predicted octanol–water partition coefficient (Wildman–Crippen LogP) is 5.81. The van der Waals surface area contributed by atoms with Crippen molar-refractivity contribution in [3.05, 3.63) is 108 Å². The molecule has 0 unspecified atom stereocenters. The molecule has 0 spiro atoms. The molecule has 4 heterocycles. The van der Waals surface area contributed by atoms with Crippen molar-refractivity contribution in [2.75, 3.05) is 11.9 Å². The lowest BCUT2D eigenvalue weighted by molar-refractivity contribution is -0.123. The van der Waals surface area contributed by atoms with Gasteiger partial charge < -0.3 is 33.8 Å². The van der Waals surface area contributed by atoms with Crippen LogP contribution >= 0.6 is 6.72 Å². The Bertz CT molecular complexity index is 1980. The van der Waals surface area contributed by atoms with Gasteiger partial charge in [0.2, 0.25) is 5.91 Å². The van der Waals surface area contributed by atoms with Gasteiger partial charge in [0.05, 0.1) is 19.0 Å². The second-order valence-corrected chi connectivity index (χ2v) is 15.3. The van der Waals surface area contributed by atoms with Crippen molar-refractivity contribution in [1.29, 1.82) is 0 Å². The van der Waals surface area contributed by atoms with Crippen LogP contribution in [0, 0.1) is 5.41 Å². The number of para-hydroxylation sites is 2. The first-order valence-electron chi connectivity index (χ1n) is 15.4. The summed E-state index contributed by atoms with van der Waals surface area (Å²) in [4.78, 5) is 46.4. The fraction of sp³-hybridized carbons (Fsp3) is 0.294. The summed E-state index contributed by atoms with van der Waals surface area (Å²) in [7, 11) is 0. The standard InChI is InChI=1S/C34H34N5O7PS/c1-33(2,3)32(40)38-30-29-31(36-19-35-30)39(20-37-29)28-17-26(46-47(41,42)48)27(45-28)18-43-34(21-11-5-4-6-12-21)22-13-7-9-15-24(22)44-25-16-10-8-14-23(25)34/h4-16,19-20,26-28H,17-18H2,1-3H3,(H2,41,42,48)(H,35,36,38,40)/t26-,27+,28+/m0/s1. The van der Waals surface area contributed by atoms with E-state index in [4.69, 9.17) is 30.5 Å². The third-order valence-electron chi connectivity index (χ3n) is 8.43. The van der Waals surface area contributed by atoms with Gasteiger partial charge in [-0.3, -0.25) is 9.36 Å². The minimum absolute atomic E-state index is 0.0252. The zero-order valence-corrected chi connectivity index (χ0v) is 28.1. The number of anilines is 1. The third kappa shape index (κ3) is 6.03. The molecule has 0 saturated carbocycles. The fourth-order valence-corrected chi connectivity index (χ4v) is 7.05. The molecule has 12 nitrogen and oxygen atoms in total. The maximum absolute atomic E-state index is 12.7. The van der Waals surface area contributed by atoms with E-state index in [1.807, 2.05) is 78.9 Å². The van der Waals surface area contributed by atoms with Crippen molar-refractivity contribution in [3.8, 4) is 11.5 Å². The fourth-order valence-electron chi connectivity index (χ4n) is 6.14. The van der Waals surface area contributed by atoms with Gasteiger partial charge in [-0.1, -0.05) is 87.5 Å². The molecule has 3 aromatic carbocycles. The lowest BCUT2D eigenvalue weighted by Crippen LogP contribution is -2.40. The Morgan fingerprint density at radius 1 is 1.00 bits per heavy atom. The third-order valence-corrected chi connectivity index (χ3v) is 9.24. The number of imidazole rings is 1. The van der Waals surface area contributed by atoms with Gasteiger partial charge in [-0.25, -0.2) is 15.0 Å². The highest BCUT2D eigenvalue weighted by molar-refractivity contribution is 8.06. The molecule has 48 heavy (non-hydrogen) atoms. The smallest absolute Gasteiger partial charge is 0.322 e. The topological polar surface area (TPSA) is 150 Å². The number of carbonyl (C=O) groups excluding carboxylic acids is 1. The van der Waals surface area contributed by atoms with Crippen LogP contribution in [0.3, 0.4) is 0 Å². The molecule has 1 saturated heterocycles. The molecule has 0 bridgehead atoms. The maximum Gasteiger partial charge on any atom is 0.322 e. The second kappa shape index (κ2) is 12.4. The zero-order chi connectivity index (χ0) is 33.7. The molecule has 0 aliphatic carbocycles. The van der Waals surface area contributed by atoms with Crippen molar-refractivity contribution in [3.63, 3.8) is 0 Å². The first-order chi connectivity index (χ1) is 22.9. The summed E-state index contributed by atoms with van der Waals surface area (Å²) in [6.07, 6.45) is 0.723. The molecule has 7 rings (SSSR count). The molecule has 1 amide bonds. The first kappa shape index (κ1) is 32.5. The Kier molecular flexibility index (Phi) is 8.41. The summed E-state index contributed by atoms with van der Waals surface area (Å²) < 4.78 is 27.2. The summed E-state index contributed by atoms with van der Waals surface area (Å²) in [5, 5.41) is 2.83. The summed E-state index contributed by atoms with van der Waals surface area (Å²) >= 11 is 4.90. The van der Waals surface area contributed by atoms with Crippen LogP contribution in [0.2, 0.25) is 0 Å². The van der Waals surface area contributed by atoms with Crippen LogP contribution in [-0.4, -0.2) is 54.0 Å². The number of hydrogen-bond donors (Lipinski definition) is 3. The predicted molar refractivity (Wildman–Crippen MR) is 181 cm³/mol. The van der Waals surface area contributed by atoms with Gasteiger partial charge in [0, 0.05) is 23.0 Å². The van der Waals surface area contributed by atoms with E-state index in [2.05, 4.69) is 20.3 Å². The van der Waals surface area contributed by atoms with E-state index >= 15 is 0 Å². The highest BCUT2D eigenvalue weighted by atomic mass is 32.5. The van der Waals surface area contributed by atoms with Crippen LogP contribution in [-0.2, 0) is 36.2 Å². The van der Waals surface area contributed by atoms with E-state index in [1.54, 1.807) is 31.7 Å². The molecule has 2 aliphatic rings. The first-order valence-corrected chi connectivity index (χ1v) is 18.0. The molecular weight excluding hydrogens is 653 g/mol. The number of nitrogens with zero attached hydrogens (tertiary/aromatic N) is 4. The number of hydrogen-bond acceptors (Lipinski definition) is 9. The minimum atomic E-state index is -4.10. The monoisotopic (exact) mass is 687 g/mol. The quantitative estimate of drug-likeness (QED) is 0.170. The Labute approximate surface area is 281 Å². The van der Waals surface area contributed by atoms with Gasteiger partial charge in [0.15, 0.2) is 22.6 Å². The number of nitrogens with one attached hydrogen (secondary N) is 1. The van der Waals surface area contributed by atoms with Crippen LogP contribution in [0.1, 0.15) is 50.1 Å². The summed E-state index contributed by atoms with van der Waals surface area (Å²) in [5.74, 6) is 1.35. The summed E-state index contributed by atoms with van der Waals surface area (Å²) in [6.45, 7) is 1.28. The lowest BCUT2D eigenvalue weighted by atomic mass is 9.77. The molecule has 248 valence electrons. The second-order valence-electron chi connectivity index (χ2n) is 12.7. The highest BCUT2D eigenvalue weighted by Gasteiger charge is 2.48. The van der Waals surface area contributed by atoms with E-state index in [1.165, 1.54) is 6.33 Å². The number of rotatable bonds is 8. The molecule has 1 fully saturated rings. The molecule has 2 aliphatic heterocycles. The van der Waals surface area contributed by atoms with Gasteiger partial charge in [0.25, 0.3) is 0 Å². The molecule has 5 aromatic rings. The number of aromatic nitrogens is 4. The van der Waals surface area contributed by atoms with Crippen LogP contribution in [0.15, 0.2) is 91.5 Å². The van der Waals surface area contributed by atoms with Crippen molar-refractivity contribution in [1.82, 2.24) is 19.5 Å². The average Bonchev–Trinajstić information content (AvgIpc) is 3.66. The largest absolute Gasteiger partial charge is 0.457 e. The summed E-state index contributed by atoms with van der Waals surface area (Å²) in [5.41, 5.74) is 1.52. The lowest BCUT2D eigenvalue weighted by Gasteiger charge is -2.41. The van der Waals surface area contributed by atoms with Crippen molar-refractivity contribution in [2.45, 2.75) is 51.2 Å². The van der Waals surface area contributed by atoms with Gasteiger partial charge in [0.1, 0.15) is 30.2 Å². The molecule has 3 N–H and O–H groups in total. The highest BCUT2D eigenvalue weighted by Crippen LogP contribution is 2.53. The Balaban J connectivity index is 1.25. The number of amides is 1. The number of carbonyl (C=O) groups is 1. The maximum atomic E-state index is 12.7. The van der Waals surface area contributed by atoms with E-state index in [0.29, 0.717) is 22.7 Å².